The summed E-state index contributed by atoms with van der Waals surface area (Å²) >= 11 is 0. The molecule has 0 saturated carbocycles. The highest BCUT2D eigenvalue weighted by Gasteiger charge is 1.95. The van der Waals surface area contributed by atoms with Crippen LogP contribution in [-0.4, -0.2) is 13.1 Å². The zero-order valence-corrected chi connectivity index (χ0v) is 8.50. The van der Waals surface area contributed by atoms with Gasteiger partial charge in [-0.3, -0.25) is 0 Å². The number of benzene rings is 1. The van der Waals surface area contributed by atoms with Gasteiger partial charge in [0.1, 0.15) is 0 Å². The lowest BCUT2D eigenvalue weighted by atomic mass is 10.1. The van der Waals surface area contributed by atoms with Crippen LogP contribution in [-0.2, 0) is 0 Å². The van der Waals surface area contributed by atoms with Gasteiger partial charge in [-0.05, 0) is 24.1 Å². The van der Waals surface area contributed by atoms with E-state index in [9.17, 15) is 0 Å². The Hall–Kier alpha value is -1.34. The summed E-state index contributed by atoms with van der Waals surface area (Å²) in [6.07, 6.45) is 2.92. The van der Waals surface area contributed by atoms with Crippen molar-refractivity contribution in [1.29, 1.82) is 0 Å². The molecule has 0 atom stereocenters. The van der Waals surface area contributed by atoms with Crippen molar-refractivity contribution >= 4 is 5.57 Å². The first kappa shape index (κ1) is 10.7. The van der Waals surface area contributed by atoms with Gasteiger partial charge in [0.2, 0.25) is 0 Å². The Morgan fingerprint density at radius 3 is 2.64 bits per heavy atom. The third-order valence-corrected chi connectivity index (χ3v) is 2.05. The molecular formula is C13H17N. The van der Waals surface area contributed by atoms with Crippen molar-refractivity contribution in [3.05, 3.63) is 55.1 Å². The lowest BCUT2D eigenvalue weighted by Gasteiger charge is -2.06. The monoisotopic (exact) mass is 187 g/mol. The molecule has 0 bridgehead atoms. The number of hydrogen-bond donors (Lipinski definition) is 1. The van der Waals surface area contributed by atoms with Gasteiger partial charge in [0.05, 0.1) is 0 Å². The van der Waals surface area contributed by atoms with Gasteiger partial charge in [0, 0.05) is 6.54 Å². The minimum absolute atomic E-state index is 0.845. The second-order valence-corrected chi connectivity index (χ2v) is 3.22. The first-order chi connectivity index (χ1) is 6.84. The SMILES string of the molecule is C=CCCNCC(=C)c1ccccc1. The first-order valence-corrected chi connectivity index (χ1v) is 4.89. The molecular weight excluding hydrogens is 170 g/mol. The topological polar surface area (TPSA) is 12.0 Å². The highest BCUT2D eigenvalue weighted by Crippen LogP contribution is 2.09. The largest absolute Gasteiger partial charge is 0.312 e. The minimum Gasteiger partial charge on any atom is -0.312 e. The van der Waals surface area contributed by atoms with Crippen molar-refractivity contribution in [2.45, 2.75) is 6.42 Å². The van der Waals surface area contributed by atoms with Crippen LogP contribution in [0.1, 0.15) is 12.0 Å². The summed E-state index contributed by atoms with van der Waals surface area (Å²) < 4.78 is 0. The molecule has 1 N–H and O–H groups in total. The smallest absolute Gasteiger partial charge is 0.0205 e. The molecule has 0 heterocycles. The van der Waals surface area contributed by atoms with E-state index >= 15 is 0 Å². The van der Waals surface area contributed by atoms with Crippen LogP contribution in [0.2, 0.25) is 0 Å². The maximum Gasteiger partial charge on any atom is 0.0205 e. The minimum atomic E-state index is 0.845. The van der Waals surface area contributed by atoms with Crippen LogP contribution >= 0.6 is 0 Å². The van der Waals surface area contributed by atoms with Crippen molar-refractivity contribution in [3.63, 3.8) is 0 Å². The summed E-state index contributed by atoms with van der Waals surface area (Å²) in [4.78, 5) is 0. The molecule has 0 unspecified atom stereocenters. The van der Waals surface area contributed by atoms with E-state index in [1.165, 1.54) is 5.56 Å². The molecule has 0 amide bonds. The van der Waals surface area contributed by atoms with Gasteiger partial charge in [-0.15, -0.1) is 6.58 Å². The van der Waals surface area contributed by atoms with Crippen LogP contribution in [0.3, 0.4) is 0 Å². The second kappa shape index (κ2) is 6.17. The van der Waals surface area contributed by atoms with Gasteiger partial charge in [-0.25, -0.2) is 0 Å². The van der Waals surface area contributed by atoms with Crippen LogP contribution in [0.4, 0.5) is 0 Å². The molecule has 0 saturated heterocycles. The van der Waals surface area contributed by atoms with Crippen LogP contribution < -0.4 is 5.32 Å². The molecule has 0 radical (unpaired) electrons. The fraction of sp³-hybridized carbons (Fsp3) is 0.231. The number of nitrogens with one attached hydrogen (secondary N) is 1. The van der Waals surface area contributed by atoms with Crippen LogP contribution in [0.5, 0.6) is 0 Å². The summed E-state index contributed by atoms with van der Waals surface area (Å²) in [5.74, 6) is 0. The van der Waals surface area contributed by atoms with Gasteiger partial charge in [0.15, 0.2) is 0 Å². The Morgan fingerprint density at radius 2 is 2.00 bits per heavy atom. The number of hydrogen-bond acceptors (Lipinski definition) is 1. The average molecular weight is 187 g/mol. The average Bonchev–Trinajstić information content (AvgIpc) is 2.25. The molecule has 1 aromatic carbocycles. The summed E-state index contributed by atoms with van der Waals surface area (Å²) in [7, 11) is 0. The van der Waals surface area contributed by atoms with Crippen LogP contribution in [0, 0.1) is 0 Å². The van der Waals surface area contributed by atoms with Crippen molar-refractivity contribution in [1.82, 2.24) is 5.32 Å². The maximum atomic E-state index is 4.03. The Bertz CT molecular complexity index is 287. The van der Waals surface area contributed by atoms with Gasteiger partial charge >= 0.3 is 0 Å². The molecule has 1 heteroatoms. The van der Waals surface area contributed by atoms with Crippen molar-refractivity contribution in [2.24, 2.45) is 0 Å². The third-order valence-electron chi connectivity index (χ3n) is 2.05. The van der Waals surface area contributed by atoms with Crippen molar-refractivity contribution in [3.8, 4) is 0 Å². The molecule has 1 nitrogen and oxygen atoms in total. The predicted octanol–water partition coefficient (Wildman–Crippen LogP) is 2.87. The summed E-state index contributed by atoms with van der Waals surface area (Å²) in [6.45, 7) is 9.52. The lowest BCUT2D eigenvalue weighted by molar-refractivity contribution is 0.764. The normalized spacial score (nSPS) is 9.71. The predicted molar refractivity (Wildman–Crippen MR) is 63.2 cm³/mol. The molecule has 14 heavy (non-hydrogen) atoms. The van der Waals surface area contributed by atoms with E-state index in [4.69, 9.17) is 0 Å². The van der Waals surface area contributed by atoms with Crippen molar-refractivity contribution < 1.29 is 0 Å². The highest BCUT2D eigenvalue weighted by atomic mass is 14.8. The summed E-state index contributed by atoms with van der Waals surface area (Å²) in [6, 6.07) is 10.2. The van der Waals surface area contributed by atoms with Crippen LogP contribution in [0.15, 0.2) is 49.6 Å². The fourth-order valence-electron chi connectivity index (χ4n) is 1.22. The Morgan fingerprint density at radius 1 is 1.29 bits per heavy atom. The molecule has 74 valence electrons. The molecule has 0 aliphatic carbocycles. The van der Waals surface area contributed by atoms with E-state index in [1.807, 2.05) is 24.3 Å². The molecule has 0 spiro atoms. The van der Waals surface area contributed by atoms with Crippen molar-refractivity contribution in [2.75, 3.05) is 13.1 Å². The molecule has 0 aliphatic heterocycles. The third kappa shape index (κ3) is 3.58. The zero-order chi connectivity index (χ0) is 10.2. The van der Waals surface area contributed by atoms with E-state index in [0.717, 1.165) is 25.1 Å². The van der Waals surface area contributed by atoms with Gasteiger partial charge in [-0.1, -0.05) is 43.0 Å². The molecule has 0 aromatic heterocycles. The molecule has 1 rings (SSSR count). The second-order valence-electron chi connectivity index (χ2n) is 3.22. The Kier molecular flexibility index (Phi) is 4.73. The Labute approximate surface area is 86.2 Å². The lowest BCUT2D eigenvalue weighted by Crippen LogP contribution is -2.16. The van der Waals surface area contributed by atoms with E-state index in [0.29, 0.717) is 0 Å². The van der Waals surface area contributed by atoms with Gasteiger partial charge in [-0.2, -0.15) is 0 Å². The standard InChI is InChI=1S/C13H17N/c1-3-4-10-14-11-12(2)13-8-6-5-7-9-13/h3,5-9,14H,1-2,4,10-11H2. The zero-order valence-electron chi connectivity index (χ0n) is 8.50. The summed E-state index contributed by atoms with van der Waals surface area (Å²) in [5.41, 5.74) is 2.34. The maximum absolute atomic E-state index is 4.03. The Balaban J connectivity index is 2.32. The quantitative estimate of drug-likeness (QED) is 0.533. The fourth-order valence-corrected chi connectivity index (χ4v) is 1.22. The van der Waals surface area contributed by atoms with Gasteiger partial charge < -0.3 is 5.32 Å². The molecule has 0 fully saturated rings. The summed E-state index contributed by atoms with van der Waals surface area (Å²) in [5, 5.41) is 3.31. The van der Waals surface area contributed by atoms with E-state index in [1.54, 1.807) is 0 Å². The van der Waals surface area contributed by atoms with E-state index in [2.05, 4.69) is 30.6 Å². The van der Waals surface area contributed by atoms with Gasteiger partial charge in [0.25, 0.3) is 0 Å². The first-order valence-electron chi connectivity index (χ1n) is 4.89. The van der Waals surface area contributed by atoms with E-state index < -0.39 is 0 Å². The van der Waals surface area contributed by atoms with E-state index in [-0.39, 0.29) is 0 Å². The molecule has 0 aliphatic rings. The molecule has 1 aromatic rings. The number of rotatable bonds is 6. The highest BCUT2D eigenvalue weighted by molar-refractivity contribution is 5.64. The van der Waals surface area contributed by atoms with Crippen LogP contribution in [0.25, 0.3) is 5.57 Å².